The van der Waals surface area contributed by atoms with E-state index in [1.54, 1.807) is 18.6 Å². The van der Waals surface area contributed by atoms with Crippen LogP contribution in [-0.2, 0) is 11.3 Å². The number of aromatic nitrogens is 5. The van der Waals surface area contributed by atoms with E-state index < -0.39 is 5.97 Å². The van der Waals surface area contributed by atoms with Gasteiger partial charge in [0.2, 0.25) is 0 Å². The van der Waals surface area contributed by atoms with Crippen LogP contribution in [0.25, 0.3) is 22.2 Å². The van der Waals surface area contributed by atoms with Gasteiger partial charge >= 0.3 is 5.97 Å². The lowest BCUT2D eigenvalue weighted by Crippen LogP contribution is -2.10. The topological polar surface area (TPSA) is 93.8 Å². The number of pyridine rings is 1. The molecule has 3 aromatic rings. The van der Waals surface area contributed by atoms with Crippen LogP contribution >= 0.6 is 22.6 Å². The van der Waals surface area contributed by atoms with Gasteiger partial charge in [-0.3, -0.25) is 14.5 Å². The summed E-state index contributed by atoms with van der Waals surface area (Å²) in [6.45, 7) is 1.63. The Balaban J connectivity index is 2.10. The Labute approximate surface area is 133 Å². The Kier molecular flexibility index (Phi) is 3.53. The molecule has 0 aliphatic carbocycles. The molecule has 0 unspecified atom stereocenters. The van der Waals surface area contributed by atoms with Crippen molar-refractivity contribution in [2.24, 2.45) is 0 Å². The molecule has 0 spiro atoms. The highest BCUT2D eigenvalue weighted by molar-refractivity contribution is 14.1. The lowest BCUT2D eigenvalue weighted by molar-refractivity contribution is -0.137. The maximum atomic E-state index is 10.8. The maximum absolute atomic E-state index is 10.8. The quantitative estimate of drug-likeness (QED) is 0.681. The largest absolute Gasteiger partial charge is 0.480 e. The smallest absolute Gasteiger partial charge is 0.325 e. The number of carboxylic acids is 1. The van der Waals surface area contributed by atoms with E-state index in [1.807, 2.05) is 13.0 Å². The molecule has 106 valence electrons. The summed E-state index contributed by atoms with van der Waals surface area (Å²) in [5.41, 5.74) is 2.23. The summed E-state index contributed by atoms with van der Waals surface area (Å²) in [7, 11) is 0. The van der Waals surface area contributed by atoms with Crippen molar-refractivity contribution in [3.63, 3.8) is 0 Å². The zero-order chi connectivity index (χ0) is 15.0. The third-order valence-corrected chi connectivity index (χ3v) is 3.75. The van der Waals surface area contributed by atoms with E-state index in [4.69, 9.17) is 5.11 Å². The highest BCUT2D eigenvalue weighted by Gasteiger charge is 2.13. The van der Waals surface area contributed by atoms with Crippen molar-refractivity contribution >= 4 is 39.5 Å². The molecule has 0 amide bonds. The molecule has 0 saturated heterocycles. The summed E-state index contributed by atoms with van der Waals surface area (Å²) >= 11 is 2.08. The van der Waals surface area contributed by atoms with E-state index in [1.165, 1.54) is 4.68 Å². The molecule has 0 saturated carbocycles. The predicted molar refractivity (Wildman–Crippen MR) is 83.6 cm³/mol. The highest BCUT2D eigenvalue weighted by Crippen LogP contribution is 2.24. The number of halogens is 1. The Bertz CT molecular complexity index is 828. The summed E-state index contributed by atoms with van der Waals surface area (Å²) in [6.07, 6.45) is 5.05. The second-order valence-electron chi connectivity index (χ2n) is 4.45. The number of fused-ring (bicyclic) bond motifs is 1. The molecule has 0 aromatic carbocycles. The second-order valence-corrected chi connectivity index (χ2v) is 5.47. The van der Waals surface area contributed by atoms with Gasteiger partial charge in [-0.25, -0.2) is 9.97 Å². The fourth-order valence-corrected chi connectivity index (χ4v) is 2.66. The van der Waals surface area contributed by atoms with Crippen molar-refractivity contribution < 1.29 is 9.90 Å². The van der Waals surface area contributed by atoms with Gasteiger partial charge in [-0.1, -0.05) is 0 Å². The van der Waals surface area contributed by atoms with Gasteiger partial charge in [0.25, 0.3) is 0 Å². The van der Waals surface area contributed by atoms with E-state index in [0.717, 1.165) is 20.3 Å². The Morgan fingerprint density at radius 3 is 2.67 bits per heavy atom. The van der Waals surface area contributed by atoms with Gasteiger partial charge in [0, 0.05) is 23.3 Å². The molecule has 21 heavy (non-hydrogen) atoms. The summed E-state index contributed by atoms with van der Waals surface area (Å²) < 4.78 is 2.17. The van der Waals surface area contributed by atoms with E-state index in [9.17, 15) is 4.79 Å². The lowest BCUT2D eigenvalue weighted by Gasteiger charge is -2.02. The van der Waals surface area contributed by atoms with Crippen molar-refractivity contribution in [3.05, 3.63) is 34.2 Å². The van der Waals surface area contributed by atoms with Crippen molar-refractivity contribution in [2.45, 2.75) is 13.5 Å². The van der Waals surface area contributed by atoms with Gasteiger partial charge in [0.1, 0.15) is 16.1 Å². The molecule has 1 N–H and O–H groups in total. The number of hydrogen-bond acceptors (Lipinski definition) is 5. The first-order valence-corrected chi connectivity index (χ1v) is 7.15. The van der Waals surface area contributed by atoms with Gasteiger partial charge in [-0.05, 0) is 35.6 Å². The van der Waals surface area contributed by atoms with Crippen molar-refractivity contribution in [2.75, 3.05) is 0 Å². The van der Waals surface area contributed by atoms with Crippen LogP contribution in [0.5, 0.6) is 0 Å². The normalized spacial score (nSPS) is 11.0. The third kappa shape index (κ3) is 2.71. The molecular weight excluding hydrogens is 385 g/mol. The zero-order valence-corrected chi connectivity index (χ0v) is 13.1. The van der Waals surface area contributed by atoms with Crippen LogP contribution < -0.4 is 0 Å². The molecule has 3 rings (SSSR count). The molecular formula is C13H10IN5O2. The van der Waals surface area contributed by atoms with E-state index in [0.29, 0.717) is 11.3 Å². The molecule has 0 radical (unpaired) electrons. The first-order chi connectivity index (χ1) is 10.0. The molecule has 3 heterocycles. The van der Waals surface area contributed by atoms with E-state index in [-0.39, 0.29) is 6.54 Å². The van der Waals surface area contributed by atoms with Crippen molar-refractivity contribution in [1.82, 2.24) is 24.7 Å². The summed E-state index contributed by atoms with van der Waals surface area (Å²) in [4.78, 5) is 23.5. The van der Waals surface area contributed by atoms with Crippen LogP contribution in [0, 0.1) is 10.6 Å². The standard InChI is InChI=1S/C13H10IN5O2/c1-7-15-3-8(4-16-7)10-2-9-11(5-17-10)19(6-12(20)21)18-13(9)14/h2-5H,6H2,1H3,(H,20,21). The summed E-state index contributed by atoms with van der Waals surface area (Å²) in [5.74, 6) is -0.240. The SMILES string of the molecule is Cc1ncc(-c2cc3c(I)nn(CC(=O)O)c3cn2)cn1. The van der Waals surface area contributed by atoms with Crippen LogP contribution in [0.4, 0.5) is 0 Å². The van der Waals surface area contributed by atoms with Crippen LogP contribution in [0.1, 0.15) is 5.82 Å². The van der Waals surface area contributed by atoms with Gasteiger partial charge in [-0.15, -0.1) is 0 Å². The number of hydrogen-bond donors (Lipinski definition) is 1. The van der Waals surface area contributed by atoms with Gasteiger partial charge in [0.05, 0.1) is 17.4 Å². The minimum Gasteiger partial charge on any atom is -0.480 e. The molecule has 7 nitrogen and oxygen atoms in total. The van der Waals surface area contributed by atoms with Crippen LogP contribution in [-0.4, -0.2) is 35.8 Å². The fraction of sp³-hybridized carbons (Fsp3) is 0.154. The van der Waals surface area contributed by atoms with Crippen LogP contribution in [0.15, 0.2) is 24.7 Å². The third-order valence-electron chi connectivity index (χ3n) is 2.95. The second kappa shape index (κ2) is 5.35. The molecule has 0 atom stereocenters. The molecule has 0 aliphatic rings. The average Bonchev–Trinajstić information content (AvgIpc) is 2.75. The molecule has 0 bridgehead atoms. The minimum absolute atomic E-state index is 0.186. The average molecular weight is 395 g/mol. The van der Waals surface area contributed by atoms with Crippen LogP contribution in [0.2, 0.25) is 0 Å². The first-order valence-electron chi connectivity index (χ1n) is 6.07. The molecule has 3 aromatic heterocycles. The number of carboxylic acid groups (broad SMARTS) is 1. The number of aryl methyl sites for hydroxylation is 1. The predicted octanol–water partition coefficient (Wildman–Crippen LogP) is 1.89. The van der Waals surface area contributed by atoms with E-state index in [2.05, 4.69) is 42.6 Å². The highest BCUT2D eigenvalue weighted by atomic mass is 127. The van der Waals surface area contributed by atoms with E-state index >= 15 is 0 Å². The molecule has 8 heteroatoms. The Hall–Kier alpha value is -2.10. The molecule has 0 aliphatic heterocycles. The van der Waals surface area contributed by atoms with Crippen LogP contribution in [0.3, 0.4) is 0 Å². The van der Waals surface area contributed by atoms with Crippen molar-refractivity contribution in [3.8, 4) is 11.3 Å². The fourth-order valence-electron chi connectivity index (χ4n) is 1.96. The van der Waals surface area contributed by atoms with Crippen molar-refractivity contribution in [1.29, 1.82) is 0 Å². The number of aliphatic carboxylic acids is 1. The minimum atomic E-state index is -0.938. The van der Waals surface area contributed by atoms with Gasteiger partial charge < -0.3 is 5.11 Å². The Morgan fingerprint density at radius 2 is 2.00 bits per heavy atom. The lowest BCUT2D eigenvalue weighted by atomic mass is 10.2. The number of nitrogens with zero attached hydrogens (tertiary/aromatic N) is 5. The molecule has 0 fully saturated rings. The zero-order valence-electron chi connectivity index (χ0n) is 11.0. The Morgan fingerprint density at radius 1 is 1.29 bits per heavy atom. The monoisotopic (exact) mass is 395 g/mol. The summed E-state index contributed by atoms with van der Waals surface area (Å²) in [6, 6.07) is 1.87. The van der Waals surface area contributed by atoms with Gasteiger partial charge in [0.15, 0.2) is 0 Å². The maximum Gasteiger partial charge on any atom is 0.325 e. The first kappa shape index (κ1) is 13.9. The number of carbonyl (C=O) groups is 1. The van der Waals surface area contributed by atoms with Gasteiger partial charge in [-0.2, -0.15) is 5.10 Å². The summed E-state index contributed by atoms with van der Waals surface area (Å²) in [5, 5.41) is 14.0. The number of rotatable bonds is 3.